The van der Waals surface area contributed by atoms with E-state index in [0.29, 0.717) is 34.7 Å². The Morgan fingerprint density at radius 1 is 1.39 bits per heavy atom. The normalized spacial score (nSPS) is 19.6. The van der Waals surface area contributed by atoms with Crippen molar-refractivity contribution in [2.75, 3.05) is 18.5 Å². The highest BCUT2D eigenvalue weighted by molar-refractivity contribution is 6.39. The van der Waals surface area contributed by atoms with E-state index in [1.807, 2.05) is 0 Å². The van der Waals surface area contributed by atoms with Gasteiger partial charge in [-0.1, -0.05) is 29.3 Å². The maximum atomic E-state index is 11.9. The van der Waals surface area contributed by atoms with Gasteiger partial charge in [-0.3, -0.25) is 4.79 Å². The number of hydrogen-bond acceptors (Lipinski definition) is 2. The lowest BCUT2D eigenvalue weighted by molar-refractivity contribution is -0.118. The van der Waals surface area contributed by atoms with E-state index in [1.165, 1.54) is 0 Å². The topological polar surface area (TPSA) is 38.3 Å². The molecule has 1 fully saturated rings. The van der Waals surface area contributed by atoms with Gasteiger partial charge in [0, 0.05) is 19.6 Å². The van der Waals surface area contributed by atoms with Crippen molar-refractivity contribution in [3.05, 3.63) is 28.2 Å². The highest BCUT2D eigenvalue weighted by Gasteiger charge is 2.18. The minimum absolute atomic E-state index is 0.0690. The maximum absolute atomic E-state index is 11.9. The van der Waals surface area contributed by atoms with Crippen LogP contribution in [0, 0.1) is 5.92 Å². The molecule has 1 aliphatic heterocycles. The Morgan fingerprint density at radius 3 is 2.72 bits per heavy atom. The molecule has 1 atom stereocenters. The molecule has 0 aliphatic carbocycles. The average molecular weight is 288 g/mol. The molecular weight excluding hydrogens is 273 g/mol. The number of carbonyl (C=O) groups excluding carboxylic acids is 1. The molecule has 5 heteroatoms. The van der Waals surface area contributed by atoms with Crippen molar-refractivity contribution >= 4 is 34.8 Å². The minimum Gasteiger partial charge on any atom is -0.381 e. The van der Waals surface area contributed by atoms with Crippen LogP contribution in [-0.2, 0) is 9.53 Å². The molecule has 0 bridgehead atoms. The molecule has 98 valence electrons. The molecule has 2 rings (SSSR count). The van der Waals surface area contributed by atoms with E-state index in [4.69, 9.17) is 27.9 Å². The molecule has 0 saturated carbocycles. The second-order valence-corrected chi connectivity index (χ2v) is 5.25. The van der Waals surface area contributed by atoms with Crippen LogP contribution in [0.5, 0.6) is 0 Å². The summed E-state index contributed by atoms with van der Waals surface area (Å²) >= 11 is 12.0. The van der Waals surface area contributed by atoms with E-state index in [9.17, 15) is 4.79 Å². The van der Waals surface area contributed by atoms with Gasteiger partial charge in [-0.05, 0) is 30.9 Å². The Morgan fingerprint density at radius 2 is 2.11 bits per heavy atom. The van der Waals surface area contributed by atoms with Gasteiger partial charge in [-0.25, -0.2) is 0 Å². The monoisotopic (exact) mass is 287 g/mol. The smallest absolute Gasteiger partial charge is 0.224 e. The SMILES string of the molecule is O=C(CC1CCCOC1)Nc1c(Cl)cccc1Cl. The van der Waals surface area contributed by atoms with Gasteiger partial charge in [0.2, 0.25) is 5.91 Å². The molecule has 1 aromatic carbocycles. The summed E-state index contributed by atoms with van der Waals surface area (Å²) in [5, 5.41) is 3.68. The molecule has 1 unspecified atom stereocenters. The van der Waals surface area contributed by atoms with Crippen LogP contribution in [0.3, 0.4) is 0 Å². The molecular formula is C13H15Cl2NO2. The number of benzene rings is 1. The molecule has 1 heterocycles. The number of rotatable bonds is 3. The molecule has 1 saturated heterocycles. The minimum atomic E-state index is -0.0690. The third-order valence-electron chi connectivity index (χ3n) is 2.96. The Labute approximate surface area is 116 Å². The van der Waals surface area contributed by atoms with E-state index in [0.717, 1.165) is 19.4 Å². The summed E-state index contributed by atoms with van der Waals surface area (Å²) in [5.41, 5.74) is 0.488. The summed E-state index contributed by atoms with van der Waals surface area (Å²) < 4.78 is 5.35. The first-order chi connectivity index (χ1) is 8.66. The third kappa shape index (κ3) is 3.61. The molecule has 1 N–H and O–H groups in total. The zero-order chi connectivity index (χ0) is 13.0. The second-order valence-electron chi connectivity index (χ2n) is 4.43. The fraction of sp³-hybridized carbons (Fsp3) is 0.462. The molecule has 0 aromatic heterocycles. The number of anilines is 1. The molecule has 3 nitrogen and oxygen atoms in total. The third-order valence-corrected chi connectivity index (χ3v) is 3.59. The molecule has 0 spiro atoms. The summed E-state index contributed by atoms with van der Waals surface area (Å²) in [6, 6.07) is 5.15. The Hall–Kier alpha value is -0.770. The number of nitrogens with one attached hydrogen (secondary N) is 1. The van der Waals surface area contributed by atoms with Crippen LogP contribution < -0.4 is 5.32 Å². The first-order valence-corrected chi connectivity index (χ1v) is 6.74. The zero-order valence-corrected chi connectivity index (χ0v) is 11.4. The highest BCUT2D eigenvalue weighted by Crippen LogP contribution is 2.30. The van der Waals surface area contributed by atoms with Gasteiger partial charge < -0.3 is 10.1 Å². The summed E-state index contributed by atoms with van der Waals surface area (Å²) in [6.45, 7) is 1.46. The van der Waals surface area contributed by atoms with Crippen LogP contribution in [0.15, 0.2) is 18.2 Å². The largest absolute Gasteiger partial charge is 0.381 e. The number of amides is 1. The van der Waals surface area contributed by atoms with Gasteiger partial charge in [-0.15, -0.1) is 0 Å². The van der Waals surface area contributed by atoms with Crippen LogP contribution in [-0.4, -0.2) is 19.1 Å². The molecule has 1 amide bonds. The fourth-order valence-electron chi connectivity index (χ4n) is 2.04. The lowest BCUT2D eigenvalue weighted by Gasteiger charge is -2.21. The van der Waals surface area contributed by atoms with Gasteiger partial charge in [-0.2, -0.15) is 0 Å². The number of para-hydroxylation sites is 1. The predicted octanol–water partition coefficient (Wildman–Crippen LogP) is 3.75. The van der Waals surface area contributed by atoms with Crippen molar-refractivity contribution in [1.82, 2.24) is 0 Å². The van der Waals surface area contributed by atoms with E-state index in [2.05, 4.69) is 5.32 Å². The summed E-state index contributed by atoms with van der Waals surface area (Å²) in [7, 11) is 0. The summed E-state index contributed by atoms with van der Waals surface area (Å²) in [4.78, 5) is 11.9. The molecule has 1 aliphatic rings. The van der Waals surface area contributed by atoms with Gasteiger partial charge in [0.05, 0.1) is 15.7 Å². The number of ether oxygens (including phenoxy) is 1. The maximum Gasteiger partial charge on any atom is 0.224 e. The van der Waals surface area contributed by atoms with Gasteiger partial charge >= 0.3 is 0 Å². The average Bonchev–Trinajstić information content (AvgIpc) is 2.35. The van der Waals surface area contributed by atoms with Crippen molar-refractivity contribution < 1.29 is 9.53 Å². The Balaban J connectivity index is 1.94. The fourth-order valence-corrected chi connectivity index (χ4v) is 2.53. The number of hydrogen-bond donors (Lipinski definition) is 1. The Bertz CT molecular complexity index is 411. The molecule has 18 heavy (non-hydrogen) atoms. The summed E-state index contributed by atoms with van der Waals surface area (Å²) in [6.07, 6.45) is 2.50. The van der Waals surface area contributed by atoms with E-state index >= 15 is 0 Å². The summed E-state index contributed by atoms with van der Waals surface area (Å²) in [5.74, 6) is 0.223. The zero-order valence-electron chi connectivity index (χ0n) is 9.92. The number of carbonyl (C=O) groups is 1. The van der Waals surface area contributed by atoms with Crippen LogP contribution in [0.2, 0.25) is 10.0 Å². The van der Waals surface area contributed by atoms with Crippen LogP contribution in [0.4, 0.5) is 5.69 Å². The quantitative estimate of drug-likeness (QED) is 0.920. The van der Waals surface area contributed by atoms with Crippen molar-refractivity contribution in [1.29, 1.82) is 0 Å². The number of halogens is 2. The standard InChI is InChI=1S/C13H15Cl2NO2/c14-10-4-1-5-11(15)13(10)16-12(17)7-9-3-2-6-18-8-9/h1,4-5,9H,2-3,6-8H2,(H,16,17). The van der Waals surface area contributed by atoms with Crippen LogP contribution in [0.1, 0.15) is 19.3 Å². The van der Waals surface area contributed by atoms with Crippen LogP contribution >= 0.6 is 23.2 Å². The first kappa shape index (κ1) is 13.7. The van der Waals surface area contributed by atoms with Crippen molar-refractivity contribution in [3.63, 3.8) is 0 Å². The van der Waals surface area contributed by atoms with Crippen molar-refractivity contribution in [3.8, 4) is 0 Å². The molecule has 0 radical (unpaired) electrons. The van der Waals surface area contributed by atoms with E-state index in [-0.39, 0.29) is 5.91 Å². The van der Waals surface area contributed by atoms with Crippen molar-refractivity contribution in [2.45, 2.75) is 19.3 Å². The molecule has 1 aromatic rings. The second kappa shape index (κ2) is 6.41. The predicted molar refractivity (Wildman–Crippen MR) is 73.3 cm³/mol. The van der Waals surface area contributed by atoms with Gasteiger partial charge in [0.25, 0.3) is 0 Å². The van der Waals surface area contributed by atoms with Gasteiger partial charge in [0.1, 0.15) is 0 Å². The van der Waals surface area contributed by atoms with Crippen LogP contribution in [0.25, 0.3) is 0 Å². The van der Waals surface area contributed by atoms with E-state index < -0.39 is 0 Å². The van der Waals surface area contributed by atoms with E-state index in [1.54, 1.807) is 18.2 Å². The Kier molecular flexibility index (Phi) is 4.87. The highest BCUT2D eigenvalue weighted by atomic mass is 35.5. The lowest BCUT2D eigenvalue weighted by Crippen LogP contribution is -2.23. The first-order valence-electron chi connectivity index (χ1n) is 5.98. The van der Waals surface area contributed by atoms with Gasteiger partial charge in [0.15, 0.2) is 0 Å². The van der Waals surface area contributed by atoms with Crippen molar-refractivity contribution in [2.24, 2.45) is 5.92 Å². The lowest BCUT2D eigenvalue weighted by atomic mass is 9.98.